The minimum absolute atomic E-state index is 0.157. The predicted molar refractivity (Wildman–Crippen MR) is 117 cm³/mol. The van der Waals surface area contributed by atoms with Crippen LogP contribution in [0.15, 0.2) is 47.6 Å². The first-order valence-corrected chi connectivity index (χ1v) is 10.3. The first-order valence-electron chi connectivity index (χ1n) is 9.31. The number of aryl methyl sites for hydroxylation is 3. The van der Waals surface area contributed by atoms with Crippen molar-refractivity contribution in [3.8, 4) is 5.69 Å². The van der Waals surface area contributed by atoms with Crippen LogP contribution in [0.4, 0.5) is 17.6 Å². The van der Waals surface area contributed by atoms with E-state index in [4.69, 9.17) is 5.73 Å². The lowest BCUT2D eigenvalue weighted by Gasteiger charge is -2.10. The van der Waals surface area contributed by atoms with Crippen molar-refractivity contribution in [2.24, 2.45) is 0 Å². The van der Waals surface area contributed by atoms with Crippen molar-refractivity contribution in [3.05, 3.63) is 65.0 Å². The highest BCUT2D eigenvalue weighted by Crippen LogP contribution is 2.25. The smallest absolute Gasteiger partial charge is 0.232 e. The van der Waals surface area contributed by atoms with Crippen molar-refractivity contribution in [2.45, 2.75) is 31.7 Å². The molecule has 0 atom stereocenters. The summed E-state index contributed by atoms with van der Waals surface area (Å²) in [5, 5.41) is 16.0. The third-order valence-electron chi connectivity index (χ3n) is 4.43. The lowest BCUT2D eigenvalue weighted by Crippen LogP contribution is -2.07. The van der Waals surface area contributed by atoms with Crippen LogP contribution in [0.1, 0.15) is 22.5 Å². The molecule has 0 saturated heterocycles. The van der Waals surface area contributed by atoms with E-state index in [2.05, 4.69) is 35.8 Å². The monoisotopic (exact) mass is 419 g/mol. The first kappa shape index (κ1) is 19.8. The summed E-state index contributed by atoms with van der Waals surface area (Å²) in [5.41, 5.74) is 11.1. The molecule has 2 heterocycles. The van der Waals surface area contributed by atoms with E-state index in [9.17, 15) is 0 Å². The number of tetrazole rings is 1. The number of nitrogens with two attached hydrogens (primary N) is 1. The number of para-hydroxylation sites is 1. The van der Waals surface area contributed by atoms with Gasteiger partial charge in [-0.05, 0) is 54.5 Å². The molecule has 9 nitrogen and oxygen atoms in total. The third kappa shape index (κ3) is 4.38. The maximum Gasteiger partial charge on any atom is 0.232 e. The summed E-state index contributed by atoms with van der Waals surface area (Å²) in [6, 6.07) is 14.0. The van der Waals surface area contributed by atoms with Gasteiger partial charge in [-0.15, -0.1) is 5.10 Å². The van der Waals surface area contributed by atoms with Gasteiger partial charge in [-0.2, -0.15) is 19.6 Å². The van der Waals surface area contributed by atoms with Gasteiger partial charge >= 0.3 is 0 Å². The number of hydrogen-bond acceptors (Lipinski definition) is 9. The Labute approximate surface area is 178 Å². The van der Waals surface area contributed by atoms with Gasteiger partial charge in [0.15, 0.2) is 0 Å². The van der Waals surface area contributed by atoms with E-state index in [1.54, 1.807) is 4.68 Å². The van der Waals surface area contributed by atoms with Crippen molar-refractivity contribution >= 4 is 29.3 Å². The molecule has 4 aromatic rings. The number of aromatic nitrogens is 7. The summed E-state index contributed by atoms with van der Waals surface area (Å²) >= 11 is 1.44. The van der Waals surface area contributed by atoms with Gasteiger partial charge in [0.1, 0.15) is 5.82 Å². The average molecular weight is 420 g/mol. The minimum Gasteiger partial charge on any atom is -0.368 e. The van der Waals surface area contributed by atoms with Crippen molar-refractivity contribution in [2.75, 3.05) is 11.1 Å². The quantitative estimate of drug-likeness (QED) is 0.453. The van der Waals surface area contributed by atoms with E-state index >= 15 is 0 Å². The van der Waals surface area contributed by atoms with Gasteiger partial charge in [-0.1, -0.05) is 47.7 Å². The van der Waals surface area contributed by atoms with Gasteiger partial charge in [0.2, 0.25) is 17.1 Å². The molecular weight excluding hydrogens is 398 g/mol. The molecule has 0 bridgehead atoms. The van der Waals surface area contributed by atoms with Crippen molar-refractivity contribution in [1.82, 2.24) is 35.2 Å². The van der Waals surface area contributed by atoms with Crippen LogP contribution in [0, 0.1) is 20.8 Å². The Bertz CT molecular complexity index is 1150. The van der Waals surface area contributed by atoms with Gasteiger partial charge in [0.05, 0.1) is 11.4 Å². The van der Waals surface area contributed by atoms with Gasteiger partial charge < -0.3 is 11.1 Å². The van der Waals surface area contributed by atoms with E-state index in [1.165, 1.54) is 17.3 Å². The largest absolute Gasteiger partial charge is 0.368 e. The second-order valence-corrected chi connectivity index (χ2v) is 7.77. The molecule has 152 valence electrons. The number of nitrogen functional groups attached to an aromatic ring is 1. The summed E-state index contributed by atoms with van der Waals surface area (Å²) in [7, 11) is 0. The minimum atomic E-state index is 0.157. The predicted octanol–water partition coefficient (Wildman–Crippen LogP) is 3.39. The zero-order valence-electron chi connectivity index (χ0n) is 16.9. The molecular formula is C20H21N9S. The van der Waals surface area contributed by atoms with E-state index in [1.807, 2.05) is 63.2 Å². The molecule has 3 N–H and O–H groups in total. The molecule has 0 aliphatic rings. The van der Waals surface area contributed by atoms with Crippen LogP contribution in [0.25, 0.3) is 5.69 Å². The van der Waals surface area contributed by atoms with Crippen LogP contribution in [0.2, 0.25) is 0 Å². The number of anilines is 3. The number of nitrogens with zero attached hydrogens (tertiary/aromatic N) is 7. The fourth-order valence-electron chi connectivity index (χ4n) is 3.00. The number of nitrogens with one attached hydrogen (secondary N) is 1. The summed E-state index contributed by atoms with van der Waals surface area (Å²) in [6.07, 6.45) is 0. The van der Waals surface area contributed by atoms with Crippen LogP contribution in [0.5, 0.6) is 0 Å². The maximum absolute atomic E-state index is 5.89. The van der Waals surface area contributed by atoms with Crippen LogP contribution in [0.3, 0.4) is 0 Å². The van der Waals surface area contributed by atoms with E-state index in [-0.39, 0.29) is 5.95 Å². The SMILES string of the molecule is Cc1ccc(Nc2nc(N)nc(CSc3nnnn3-c3c(C)cccc3C)n2)cc1. The van der Waals surface area contributed by atoms with Gasteiger partial charge in [0, 0.05) is 5.69 Å². The Morgan fingerprint density at radius 3 is 2.43 bits per heavy atom. The Balaban J connectivity index is 1.53. The molecule has 2 aromatic carbocycles. The fourth-order valence-corrected chi connectivity index (χ4v) is 3.73. The van der Waals surface area contributed by atoms with E-state index in [0.29, 0.717) is 22.7 Å². The van der Waals surface area contributed by atoms with E-state index < -0.39 is 0 Å². The van der Waals surface area contributed by atoms with Gasteiger partial charge in [-0.25, -0.2) is 0 Å². The molecule has 0 amide bonds. The molecule has 4 rings (SSSR count). The first-order chi connectivity index (χ1) is 14.5. The lowest BCUT2D eigenvalue weighted by molar-refractivity contribution is 0.747. The van der Waals surface area contributed by atoms with Crippen molar-refractivity contribution in [3.63, 3.8) is 0 Å². The number of hydrogen-bond donors (Lipinski definition) is 2. The molecule has 0 unspecified atom stereocenters. The zero-order chi connectivity index (χ0) is 21.1. The summed E-state index contributed by atoms with van der Waals surface area (Å²) in [5.74, 6) is 1.54. The van der Waals surface area contributed by atoms with Crippen LogP contribution in [-0.4, -0.2) is 35.2 Å². The standard InChI is InChI=1S/C20H21N9S/c1-12-7-9-15(10-8-12)22-19-24-16(23-18(21)25-19)11-30-20-26-27-28-29(20)17-13(2)5-4-6-14(17)3/h4-10H,11H2,1-3H3,(H3,21,22,23,24,25). The summed E-state index contributed by atoms with van der Waals surface area (Å²) < 4.78 is 1.74. The molecule has 2 aromatic heterocycles. The molecule has 0 fully saturated rings. The van der Waals surface area contributed by atoms with Gasteiger partial charge in [-0.3, -0.25) is 0 Å². The van der Waals surface area contributed by atoms with Gasteiger partial charge in [0.25, 0.3) is 0 Å². The normalized spacial score (nSPS) is 10.9. The molecule has 0 radical (unpaired) electrons. The van der Waals surface area contributed by atoms with Crippen molar-refractivity contribution in [1.29, 1.82) is 0 Å². The van der Waals surface area contributed by atoms with E-state index in [0.717, 1.165) is 22.5 Å². The molecule has 0 aliphatic carbocycles. The van der Waals surface area contributed by atoms with Crippen LogP contribution < -0.4 is 11.1 Å². The molecule has 0 saturated carbocycles. The summed E-state index contributed by atoms with van der Waals surface area (Å²) in [6.45, 7) is 6.11. The van der Waals surface area contributed by atoms with Crippen molar-refractivity contribution < 1.29 is 0 Å². The second kappa shape index (κ2) is 8.46. The Morgan fingerprint density at radius 2 is 1.70 bits per heavy atom. The molecule has 0 spiro atoms. The topological polar surface area (TPSA) is 120 Å². The molecule has 10 heteroatoms. The Morgan fingerprint density at radius 1 is 0.967 bits per heavy atom. The number of thioether (sulfide) groups is 1. The second-order valence-electron chi connectivity index (χ2n) is 6.83. The number of rotatable bonds is 6. The highest BCUT2D eigenvalue weighted by Gasteiger charge is 2.14. The third-order valence-corrected chi connectivity index (χ3v) is 5.34. The zero-order valence-corrected chi connectivity index (χ0v) is 17.7. The van der Waals surface area contributed by atoms with Crippen LogP contribution in [-0.2, 0) is 5.75 Å². The summed E-state index contributed by atoms with van der Waals surface area (Å²) in [4.78, 5) is 12.9. The fraction of sp³-hybridized carbons (Fsp3) is 0.200. The lowest BCUT2D eigenvalue weighted by atomic mass is 10.1. The molecule has 0 aliphatic heterocycles. The number of benzene rings is 2. The Hall–Kier alpha value is -3.53. The highest BCUT2D eigenvalue weighted by atomic mass is 32.2. The average Bonchev–Trinajstić information content (AvgIpc) is 3.16. The molecule has 30 heavy (non-hydrogen) atoms. The maximum atomic E-state index is 5.89. The highest BCUT2D eigenvalue weighted by molar-refractivity contribution is 7.98. The Kier molecular flexibility index (Phi) is 5.57. The van der Waals surface area contributed by atoms with Crippen LogP contribution >= 0.6 is 11.8 Å².